The van der Waals surface area contributed by atoms with Crippen LogP contribution in [-0.4, -0.2) is 25.2 Å². The maximum absolute atomic E-state index is 12.0. The Labute approximate surface area is 110 Å². The highest BCUT2D eigenvalue weighted by Gasteiger charge is 2.28. The number of halogens is 2. The molecule has 4 nitrogen and oxygen atoms in total. The molecule has 0 bridgehead atoms. The highest BCUT2D eigenvalue weighted by Crippen LogP contribution is 2.18. The Kier molecular flexibility index (Phi) is 5.23. The molecular weight excluding hydrogens is 256 g/mol. The van der Waals surface area contributed by atoms with Crippen molar-refractivity contribution in [1.82, 2.24) is 0 Å². The van der Waals surface area contributed by atoms with Gasteiger partial charge in [-0.3, -0.25) is 4.79 Å². The highest BCUT2D eigenvalue weighted by molar-refractivity contribution is 5.79. The number of hydrogen-bond acceptors (Lipinski definition) is 4. The number of ether oxygens (including phenoxy) is 2. The van der Waals surface area contributed by atoms with E-state index in [2.05, 4.69) is 9.47 Å². The van der Waals surface area contributed by atoms with Gasteiger partial charge in [0, 0.05) is 0 Å². The molecule has 0 aliphatic heterocycles. The number of hydrogen-bond donors (Lipinski definition) is 1. The number of esters is 1. The molecule has 0 heterocycles. The summed E-state index contributed by atoms with van der Waals surface area (Å²) in [6, 6.07) is 6.22. The Morgan fingerprint density at radius 2 is 1.95 bits per heavy atom. The molecule has 0 spiro atoms. The third-order valence-electron chi connectivity index (χ3n) is 2.73. The zero-order valence-electron chi connectivity index (χ0n) is 10.9. The molecule has 0 aromatic heterocycles. The fourth-order valence-electron chi connectivity index (χ4n) is 1.58. The van der Waals surface area contributed by atoms with Crippen LogP contribution in [0.4, 0.5) is 8.78 Å². The molecule has 6 heteroatoms. The predicted molar refractivity (Wildman–Crippen MR) is 66.0 cm³/mol. The second-order valence-electron chi connectivity index (χ2n) is 4.43. The minimum Gasteiger partial charge on any atom is -0.468 e. The average Bonchev–Trinajstić information content (AvgIpc) is 2.36. The lowest BCUT2D eigenvalue weighted by molar-refractivity contribution is -0.146. The van der Waals surface area contributed by atoms with Crippen LogP contribution in [0, 0.1) is 0 Å². The summed E-state index contributed by atoms with van der Waals surface area (Å²) in [7, 11) is 1.28. The van der Waals surface area contributed by atoms with Crippen LogP contribution < -0.4 is 10.5 Å². The maximum Gasteiger partial charge on any atom is 0.387 e. The summed E-state index contributed by atoms with van der Waals surface area (Å²) in [6.45, 7) is -1.25. The summed E-state index contributed by atoms with van der Waals surface area (Å²) in [5.74, 6) is -0.382. The molecule has 1 aromatic rings. The van der Waals surface area contributed by atoms with Crippen LogP contribution in [0.25, 0.3) is 0 Å². The van der Waals surface area contributed by atoms with E-state index in [0.717, 1.165) is 5.56 Å². The number of nitrogens with two attached hydrogens (primary N) is 1. The Morgan fingerprint density at radius 1 is 1.37 bits per heavy atom. The Balaban J connectivity index is 2.57. The van der Waals surface area contributed by atoms with Gasteiger partial charge in [-0.1, -0.05) is 12.1 Å². The zero-order chi connectivity index (χ0) is 14.5. The topological polar surface area (TPSA) is 61.5 Å². The van der Waals surface area contributed by atoms with Crippen LogP contribution in [0.3, 0.4) is 0 Å². The van der Waals surface area contributed by atoms with E-state index >= 15 is 0 Å². The van der Waals surface area contributed by atoms with E-state index in [1.807, 2.05) is 0 Å². The molecule has 0 aliphatic rings. The van der Waals surface area contributed by atoms with Gasteiger partial charge in [0.25, 0.3) is 0 Å². The quantitative estimate of drug-likeness (QED) is 0.806. The lowest BCUT2D eigenvalue weighted by Gasteiger charge is -2.21. The number of carbonyl (C=O) groups excluding carboxylic acids is 1. The van der Waals surface area contributed by atoms with Crippen molar-refractivity contribution in [2.45, 2.75) is 31.9 Å². The lowest BCUT2D eigenvalue weighted by Crippen LogP contribution is -2.46. The predicted octanol–water partition coefficient (Wildman–Crippen LogP) is 2.11. The van der Waals surface area contributed by atoms with Gasteiger partial charge in [-0.2, -0.15) is 8.78 Å². The maximum atomic E-state index is 12.0. The fourth-order valence-corrected chi connectivity index (χ4v) is 1.58. The van der Waals surface area contributed by atoms with Crippen LogP contribution in [-0.2, 0) is 16.0 Å². The molecule has 1 aromatic carbocycles. The summed E-state index contributed by atoms with van der Waals surface area (Å²) in [4.78, 5) is 11.4. The monoisotopic (exact) mass is 273 g/mol. The Morgan fingerprint density at radius 3 is 2.42 bits per heavy atom. The SMILES string of the molecule is COC(=O)C(C)(N)CCc1ccc(OC(F)F)cc1. The van der Waals surface area contributed by atoms with Crippen molar-refractivity contribution in [2.75, 3.05) is 7.11 Å². The van der Waals surface area contributed by atoms with Gasteiger partial charge in [0.05, 0.1) is 7.11 Å². The van der Waals surface area contributed by atoms with Crippen molar-refractivity contribution < 1.29 is 23.0 Å². The van der Waals surface area contributed by atoms with Crippen LogP contribution >= 0.6 is 0 Å². The molecule has 0 amide bonds. The first-order valence-corrected chi connectivity index (χ1v) is 5.76. The van der Waals surface area contributed by atoms with Crippen molar-refractivity contribution in [3.8, 4) is 5.75 Å². The van der Waals surface area contributed by atoms with E-state index in [9.17, 15) is 13.6 Å². The summed E-state index contributed by atoms with van der Waals surface area (Å²) >= 11 is 0. The van der Waals surface area contributed by atoms with E-state index in [0.29, 0.717) is 12.8 Å². The van der Waals surface area contributed by atoms with E-state index in [-0.39, 0.29) is 5.75 Å². The molecule has 0 saturated heterocycles. The molecule has 1 unspecified atom stereocenters. The number of methoxy groups -OCH3 is 1. The van der Waals surface area contributed by atoms with Gasteiger partial charge in [-0.25, -0.2) is 0 Å². The van der Waals surface area contributed by atoms with E-state index < -0.39 is 18.1 Å². The minimum atomic E-state index is -2.84. The van der Waals surface area contributed by atoms with Gasteiger partial charge < -0.3 is 15.2 Å². The van der Waals surface area contributed by atoms with E-state index in [4.69, 9.17) is 5.73 Å². The van der Waals surface area contributed by atoms with Gasteiger partial charge in [0.1, 0.15) is 11.3 Å². The first-order valence-electron chi connectivity index (χ1n) is 5.76. The van der Waals surface area contributed by atoms with Gasteiger partial charge >= 0.3 is 12.6 Å². The molecule has 0 fully saturated rings. The second-order valence-corrected chi connectivity index (χ2v) is 4.43. The van der Waals surface area contributed by atoms with Crippen molar-refractivity contribution in [3.63, 3.8) is 0 Å². The standard InChI is InChI=1S/C13H17F2NO3/c1-13(16,11(17)18-2)8-7-9-3-5-10(6-4-9)19-12(14)15/h3-6,12H,7-8,16H2,1-2H3. The van der Waals surface area contributed by atoms with Gasteiger partial charge in [-0.15, -0.1) is 0 Å². The smallest absolute Gasteiger partial charge is 0.387 e. The van der Waals surface area contributed by atoms with Crippen molar-refractivity contribution in [3.05, 3.63) is 29.8 Å². The van der Waals surface area contributed by atoms with Crippen LogP contribution in [0.15, 0.2) is 24.3 Å². The van der Waals surface area contributed by atoms with Gasteiger partial charge in [0.2, 0.25) is 0 Å². The molecule has 19 heavy (non-hydrogen) atoms. The molecule has 0 saturated carbocycles. The summed E-state index contributed by atoms with van der Waals surface area (Å²) in [5.41, 5.74) is 5.63. The summed E-state index contributed by atoms with van der Waals surface area (Å²) in [6.07, 6.45) is 0.936. The van der Waals surface area contributed by atoms with Crippen molar-refractivity contribution in [1.29, 1.82) is 0 Å². The van der Waals surface area contributed by atoms with Gasteiger partial charge in [0.15, 0.2) is 0 Å². The lowest BCUT2D eigenvalue weighted by atomic mass is 9.94. The molecule has 1 rings (SSSR count). The third kappa shape index (κ3) is 4.82. The van der Waals surface area contributed by atoms with Crippen LogP contribution in [0.5, 0.6) is 5.75 Å². The molecule has 0 aliphatic carbocycles. The Hall–Kier alpha value is -1.69. The molecule has 106 valence electrons. The normalized spacial score (nSPS) is 14.0. The van der Waals surface area contributed by atoms with E-state index in [1.54, 1.807) is 19.1 Å². The van der Waals surface area contributed by atoms with Crippen LogP contribution in [0.2, 0.25) is 0 Å². The minimum absolute atomic E-state index is 0.0993. The molecule has 2 N–H and O–H groups in total. The van der Waals surface area contributed by atoms with Crippen LogP contribution in [0.1, 0.15) is 18.9 Å². The average molecular weight is 273 g/mol. The summed E-state index contributed by atoms with van der Waals surface area (Å²) < 4.78 is 32.8. The van der Waals surface area contributed by atoms with Gasteiger partial charge in [-0.05, 0) is 37.5 Å². The molecule has 1 atom stereocenters. The number of aryl methyl sites for hydroxylation is 1. The second kappa shape index (κ2) is 6.47. The first-order chi connectivity index (χ1) is 8.85. The van der Waals surface area contributed by atoms with E-state index in [1.165, 1.54) is 19.2 Å². The number of carbonyl (C=O) groups is 1. The Bertz CT molecular complexity index is 418. The fraction of sp³-hybridized carbons (Fsp3) is 0.462. The van der Waals surface area contributed by atoms with Crippen molar-refractivity contribution >= 4 is 5.97 Å². The largest absolute Gasteiger partial charge is 0.468 e. The molecule has 0 radical (unpaired) electrons. The number of rotatable bonds is 6. The number of benzene rings is 1. The number of alkyl halides is 2. The van der Waals surface area contributed by atoms with Crippen molar-refractivity contribution in [2.24, 2.45) is 5.73 Å². The third-order valence-corrected chi connectivity index (χ3v) is 2.73. The first kappa shape index (κ1) is 15.4. The molecular formula is C13H17F2NO3. The highest BCUT2D eigenvalue weighted by atomic mass is 19.3. The zero-order valence-corrected chi connectivity index (χ0v) is 10.9. The summed E-state index contributed by atoms with van der Waals surface area (Å²) in [5, 5.41) is 0.